The Hall–Kier alpha value is -3.81. The number of aromatic carboxylic acids is 1. The third kappa shape index (κ3) is 2.73. The van der Waals surface area contributed by atoms with Gasteiger partial charge in [0.15, 0.2) is 5.65 Å². The maximum atomic E-state index is 14.1. The minimum atomic E-state index is -1.02. The number of fused-ring (bicyclic) bond motifs is 1. The monoisotopic (exact) mass is 349 g/mol. The summed E-state index contributed by atoms with van der Waals surface area (Å²) in [6, 6.07) is 12.6. The molecule has 0 unspecified atom stereocenters. The molecule has 2 N–H and O–H groups in total. The van der Waals surface area contributed by atoms with Gasteiger partial charge in [-0.05, 0) is 30.3 Å². The maximum Gasteiger partial charge on any atom is 0.335 e. The smallest absolute Gasteiger partial charge is 0.335 e. The van der Waals surface area contributed by atoms with E-state index >= 15 is 0 Å². The Labute approximate surface area is 146 Å². The van der Waals surface area contributed by atoms with E-state index in [1.807, 2.05) is 0 Å². The van der Waals surface area contributed by atoms with Crippen LogP contribution in [-0.4, -0.2) is 30.8 Å². The molecule has 128 valence electrons. The van der Waals surface area contributed by atoms with Gasteiger partial charge in [-0.2, -0.15) is 5.10 Å². The first-order chi connectivity index (χ1) is 12.6. The Balaban J connectivity index is 1.77. The van der Waals surface area contributed by atoms with Crippen molar-refractivity contribution in [2.24, 2.45) is 0 Å². The highest BCUT2D eigenvalue weighted by molar-refractivity contribution is 5.91. The van der Waals surface area contributed by atoms with Crippen molar-refractivity contribution in [3.8, 4) is 5.69 Å². The Morgan fingerprint density at radius 1 is 1.12 bits per heavy atom. The van der Waals surface area contributed by atoms with E-state index in [4.69, 9.17) is 5.11 Å². The van der Waals surface area contributed by atoms with Crippen LogP contribution in [0.15, 0.2) is 61.1 Å². The number of hydrogen-bond acceptors (Lipinski definition) is 5. The first-order valence-electron chi connectivity index (χ1n) is 7.67. The SMILES string of the molecule is O=C(O)c1cccc(Nc2ncnc3c2cnn3-c2ccccc2F)c1. The number of para-hydroxylation sites is 1. The van der Waals surface area contributed by atoms with Crippen LogP contribution in [0, 0.1) is 5.82 Å². The van der Waals surface area contributed by atoms with Crippen molar-refractivity contribution >= 4 is 28.5 Å². The number of aromatic nitrogens is 4. The van der Waals surface area contributed by atoms with E-state index in [2.05, 4.69) is 20.4 Å². The first-order valence-corrected chi connectivity index (χ1v) is 7.67. The number of benzene rings is 2. The summed E-state index contributed by atoms with van der Waals surface area (Å²) < 4.78 is 15.5. The molecule has 0 atom stereocenters. The summed E-state index contributed by atoms with van der Waals surface area (Å²) in [4.78, 5) is 19.5. The molecule has 0 bridgehead atoms. The van der Waals surface area contributed by atoms with Gasteiger partial charge in [-0.25, -0.2) is 23.8 Å². The normalized spacial score (nSPS) is 10.8. The molecule has 0 aliphatic carbocycles. The van der Waals surface area contributed by atoms with Gasteiger partial charge < -0.3 is 10.4 Å². The Kier molecular flexibility index (Phi) is 3.77. The van der Waals surface area contributed by atoms with Crippen molar-refractivity contribution in [3.05, 3.63) is 72.4 Å². The standard InChI is InChI=1S/C18H12FN5O2/c19-14-6-1-2-7-15(14)24-17-13(9-22-24)16(20-10-21-17)23-12-5-3-4-11(8-12)18(25)26/h1-10H,(H,25,26)(H,20,21,23). The second kappa shape index (κ2) is 6.25. The fourth-order valence-corrected chi connectivity index (χ4v) is 2.61. The van der Waals surface area contributed by atoms with E-state index in [-0.39, 0.29) is 11.3 Å². The zero-order valence-corrected chi connectivity index (χ0v) is 13.3. The van der Waals surface area contributed by atoms with Crippen LogP contribution in [0.25, 0.3) is 16.7 Å². The van der Waals surface area contributed by atoms with E-state index in [1.165, 1.54) is 35.4 Å². The molecule has 0 aliphatic heterocycles. The van der Waals surface area contributed by atoms with Crippen LogP contribution in [0.2, 0.25) is 0 Å². The number of hydrogen-bond donors (Lipinski definition) is 2. The molecule has 2 heterocycles. The topological polar surface area (TPSA) is 92.9 Å². The maximum absolute atomic E-state index is 14.1. The van der Waals surface area contributed by atoms with Crippen LogP contribution in [-0.2, 0) is 0 Å². The van der Waals surface area contributed by atoms with Gasteiger partial charge in [-0.3, -0.25) is 0 Å². The third-order valence-corrected chi connectivity index (χ3v) is 3.82. The lowest BCUT2D eigenvalue weighted by molar-refractivity contribution is 0.0697. The molecule has 2 aromatic carbocycles. The summed E-state index contributed by atoms with van der Waals surface area (Å²) in [6.45, 7) is 0. The van der Waals surface area contributed by atoms with E-state index < -0.39 is 11.8 Å². The van der Waals surface area contributed by atoms with Crippen LogP contribution in [0.4, 0.5) is 15.9 Å². The molecule has 4 aromatic rings. The van der Waals surface area contributed by atoms with Crippen molar-refractivity contribution in [3.63, 3.8) is 0 Å². The van der Waals surface area contributed by atoms with Crippen molar-refractivity contribution in [2.45, 2.75) is 0 Å². The minimum Gasteiger partial charge on any atom is -0.478 e. The van der Waals surface area contributed by atoms with Crippen molar-refractivity contribution in [2.75, 3.05) is 5.32 Å². The number of nitrogens with zero attached hydrogens (tertiary/aromatic N) is 4. The predicted octanol–water partition coefficient (Wildman–Crippen LogP) is 3.40. The molecule has 0 radical (unpaired) electrons. The summed E-state index contributed by atoms with van der Waals surface area (Å²) in [7, 11) is 0. The molecule has 8 heteroatoms. The number of nitrogens with one attached hydrogen (secondary N) is 1. The molecule has 0 fully saturated rings. The minimum absolute atomic E-state index is 0.155. The number of halogens is 1. The van der Waals surface area contributed by atoms with E-state index in [1.54, 1.807) is 30.3 Å². The highest BCUT2D eigenvalue weighted by Gasteiger charge is 2.14. The number of rotatable bonds is 4. The zero-order valence-electron chi connectivity index (χ0n) is 13.3. The van der Waals surface area contributed by atoms with Gasteiger partial charge in [0.2, 0.25) is 0 Å². The summed E-state index contributed by atoms with van der Waals surface area (Å²) >= 11 is 0. The predicted molar refractivity (Wildman–Crippen MR) is 93.3 cm³/mol. The van der Waals surface area contributed by atoms with Crippen LogP contribution in [0.1, 0.15) is 10.4 Å². The second-order valence-corrected chi connectivity index (χ2v) is 5.48. The van der Waals surface area contributed by atoms with Gasteiger partial charge in [-0.1, -0.05) is 18.2 Å². The molecule has 0 aliphatic rings. The van der Waals surface area contributed by atoms with Gasteiger partial charge in [0.25, 0.3) is 0 Å². The highest BCUT2D eigenvalue weighted by atomic mass is 19.1. The highest BCUT2D eigenvalue weighted by Crippen LogP contribution is 2.25. The van der Waals surface area contributed by atoms with Crippen molar-refractivity contribution in [1.29, 1.82) is 0 Å². The molecular weight excluding hydrogens is 337 g/mol. The van der Waals surface area contributed by atoms with E-state index in [9.17, 15) is 9.18 Å². The first kappa shape index (κ1) is 15.7. The molecule has 2 aromatic heterocycles. The van der Waals surface area contributed by atoms with E-state index in [0.717, 1.165) is 0 Å². The average molecular weight is 349 g/mol. The number of carbonyl (C=O) groups is 1. The zero-order chi connectivity index (χ0) is 18.1. The second-order valence-electron chi connectivity index (χ2n) is 5.48. The Bertz CT molecular complexity index is 1130. The van der Waals surface area contributed by atoms with Crippen LogP contribution >= 0.6 is 0 Å². The lowest BCUT2D eigenvalue weighted by Gasteiger charge is -2.08. The van der Waals surface area contributed by atoms with Crippen molar-refractivity contribution < 1.29 is 14.3 Å². The summed E-state index contributed by atoms with van der Waals surface area (Å²) in [5.41, 5.74) is 1.42. The average Bonchev–Trinajstić information content (AvgIpc) is 3.07. The van der Waals surface area contributed by atoms with Crippen LogP contribution in [0.3, 0.4) is 0 Å². The van der Waals surface area contributed by atoms with Crippen LogP contribution in [0.5, 0.6) is 0 Å². The fourth-order valence-electron chi connectivity index (χ4n) is 2.61. The molecule has 0 spiro atoms. The van der Waals surface area contributed by atoms with Gasteiger partial charge >= 0.3 is 5.97 Å². The Morgan fingerprint density at radius 3 is 2.77 bits per heavy atom. The number of carboxylic acid groups (broad SMARTS) is 1. The van der Waals surface area contributed by atoms with E-state index in [0.29, 0.717) is 22.5 Å². The molecule has 4 rings (SSSR count). The van der Waals surface area contributed by atoms with Gasteiger partial charge in [0.1, 0.15) is 23.6 Å². The largest absolute Gasteiger partial charge is 0.478 e. The van der Waals surface area contributed by atoms with Crippen LogP contribution < -0.4 is 5.32 Å². The lowest BCUT2D eigenvalue weighted by atomic mass is 10.2. The number of anilines is 2. The third-order valence-electron chi connectivity index (χ3n) is 3.82. The molecule has 0 saturated heterocycles. The Morgan fingerprint density at radius 2 is 1.96 bits per heavy atom. The molecular formula is C18H12FN5O2. The van der Waals surface area contributed by atoms with Crippen molar-refractivity contribution in [1.82, 2.24) is 19.7 Å². The molecule has 0 saturated carbocycles. The summed E-state index contributed by atoms with van der Waals surface area (Å²) in [5, 5.41) is 17.0. The number of carboxylic acids is 1. The summed E-state index contributed by atoms with van der Waals surface area (Å²) in [6.07, 6.45) is 2.87. The fraction of sp³-hybridized carbons (Fsp3) is 0. The van der Waals surface area contributed by atoms with Gasteiger partial charge in [-0.15, -0.1) is 0 Å². The van der Waals surface area contributed by atoms with Gasteiger partial charge in [0, 0.05) is 5.69 Å². The molecule has 0 amide bonds. The van der Waals surface area contributed by atoms with Gasteiger partial charge in [0.05, 0.1) is 17.1 Å². The lowest BCUT2D eigenvalue weighted by Crippen LogP contribution is -2.02. The summed E-state index contributed by atoms with van der Waals surface area (Å²) in [5.74, 6) is -0.992. The molecule has 7 nitrogen and oxygen atoms in total. The quantitative estimate of drug-likeness (QED) is 0.587. The molecule has 26 heavy (non-hydrogen) atoms.